The van der Waals surface area contributed by atoms with Crippen LogP contribution in [-0.4, -0.2) is 79.2 Å². The monoisotopic (exact) mass is 497 g/mol. The summed E-state index contributed by atoms with van der Waals surface area (Å²) in [5.41, 5.74) is 6.98. The molecule has 2 atom stereocenters. The van der Waals surface area contributed by atoms with Crippen LogP contribution in [0, 0.1) is 22.7 Å². The van der Waals surface area contributed by atoms with Crippen LogP contribution in [0.2, 0.25) is 0 Å². The fourth-order valence-corrected chi connectivity index (χ4v) is 4.39. The van der Waals surface area contributed by atoms with Crippen LogP contribution in [-0.2, 0) is 25.9 Å². The number of amides is 2. The summed E-state index contributed by atoms with van der Waals surface area (Å²) in [7, 11) is 1.36. The van der Waals surface area contributed by atoms with Crippen molar-refractivity contribution in [3.05, 3.63) is 35.4 Å². The molecule has 11 heteroatoms. The number of nitriles is 1. The Kier molecular flexibility index (Phi) is 10.2. The zero-order chi connectivity index (χ0) is 25.9. The molecule has 0 aromatic heterocycles. The average molecular weight is 498 g/mol. The summed E-state index contributed by atoms with van der Waals surface area (Å²) in [5.74, 6) is -0.722. The highest BCUT2D eigenvalue weighted by molar-refractivity contribution is 5.95. The molecule has 2 unspecified atom stereocenters. The number of aliphatic imine (C=N–C) groups is 1. The van der Waals surface area contributed by atoms with E-state index in [9.17, 15) is 14.9 Å². The van der Waals surface area contributed by atoms with Gasteiger partial charge in [-0.05, 0) is 43.7 Å². The minimum absolute atomic E-state index is 0.0239. The predicted octanol–water partition coefficient (Wildman–Crippen LogP) is 1.18. The summed E-state index contributed by atoms with van der Waals surface area (Å²) in [6.07, 6.45) is 4.17. The van der Waals surface area contributed by atoms with E-state index in [1.165, 1.54) is 7.11 Å². The molecule has 0 saturated carbocycles. The number of nitrogens with one attached hydrogen (secondary N) is 2. The molecule has 0 bridgehead atoms. The molecule has 1 aromatic carbocycles. The van der Waals surface area contributed by atoms with Gasteiger partial charge >= 0.3 is 0 Å². The highest BCUT2D eigenvalue weighted by Gasteiger charge is 2.32. The maximum atomic E-state index is 13.4. The van der Waals surface area contributed by atoms with Crippen LogP contribution in [0.15, 0.2) is 29.3 Å². The quantitative estimate of drug-likeness (QED) is 0.190. The van der Waals surface area contributed by atoms with E-state index >= 15 is 0 Å². The average Bonchev–Trinajstić information content (AvgIpc) is 3.37. The summed E-state index contributed by atoms with van der Waals surface area (Å²) < 4.78 is 0. The number of nitrogen functional groups attached to an aromatic ring is 1. The second kappa shape index (κ2) is 13.6. The van der Waals surface area contributed by atoms with E-state index in [1.54, 1.807) is 23.1 Å². The Labute approximate surface area is 211 Å². The Bertz CT molecular complexity index is 1000. The van der Waals surface area contributed by atoms with E-state index in [0.717, 1.165) is 44.3 Å². The van der Waals surface area contributed by atoms with Crippen molar-refractivity contribution in [2.75, 3.05) is 39.9 Å². The number of benzene rings is 1. The van der Waals surface area contributed by atoms with Gasteiger partial charge in [-0.25, -0.2) is 9.78 Å². The number of carbonyl (C=O) groups excluding carboxylic acids is 2. The normalized spacial score (nSPS) is 19.5. The van der Waals surface area contributed by atoms with Crippen molar-refractivity contribution < 1.29 is 19.4 Å². The van der Waals surface area contributed by atoms with Gasteiger partial charge in [-0.15, -0.1) is 0 Å². The molecule has 0 spiro atoms. The van der Waals surface area contributed by atoms with Crippen molar-refractivity contribution in [3.63, 3.8) is 0 Å². The Hall–Kier alpha value is -3.49. The maximum absolute atomic E-state index is 13.4. The molecule has 2 fully saturated rings. The van der Waals surface area contributed by atoms with Crippen molar-refractivity contribution >= 4 is 23.5 Å². The minimum atomic E-state index is -0.795. The molecular weight excluding hydrogens is 462 g/mol. The summed E-state index contributed by atoms with van der Waals surface area (Å²) in [5, 5.41) is 20.6. The first kappa shape index (κ1) is 27.1. The molecule has 2 saturated heterocycles. The van der Waals surface area contributed by atoms with Crippen molar-refractivity contribution in [3.8, 4) is 6.07 Å². The Morgan fingerprint density at radius 2 is 2.06 bits per heavy atom. The summed E-state index contributed by atoms with van der Waals surface area (Å²) >= 11 is 0. The van der Waals surface area contributed by atoms with Gasteiger partial charge < -0.3 is 20.9 Å². The topological polar surface area (TPSA) is 157 Å². The number of likely N-dealkylation sites (tertiary alicyclic amines) is 2. The second-order valence-electron chi connectivity index (χ2n) is 8.99. The zero-order valence-corrected chi connectivity index (χ0v) is 20.7. The van der Waals surface area contributed by atoms with Gasteiger partial charge in [-0.3, -0.25) is 20.0 Å². The van der Waals surface area contributed by atoms with E-state index in [2.05, 4.69) is 21.3 Å². The van der Waals surface area contributed by atoms with Gasteiger partial charge in [0.1, 0.15) is 30.2 Å². The van der Waals surface area contributed by atoms with Gasteiger partial charge in [0.25, 0.3) is 0 Å². The van der Waals surface area contributed by atoms with Crippen molar-refractivity contribution in [2.24, 2.45) is 16.6 Å². The van der Waals surface area contributed by atoms with E-state index in [0.29, 0.717) is 24.4 Å². The third-order valence-corrected chi connectivity index (χ3v) is 6.40. The highest BCUT2D eigenvalue weighted by atomic mass is 17.2. The fraction of sp³-hybridized carbons (Fsp3) is 0.560. The van der Waals surface area contributed by atoms with Gasteiger partial charge in [0.2, 0.25) is 11.8 Å². The van der Waals surface area contributed by atoms with Crippen LogP contribution in [0.1, 0.15) is 43.2 Å². The van der Waals surface area contributed by atoms with Gasteiger partial charge in [0, 0.05) is 25.2 Å². The molecule has 2 heterocycles. The number of rotatable bonds is 10. The van der Waals surface area contributed by atoms with Gasteiger partial charge in [0.15, 0.2) is 0 Å². The molecule has 0 radical (unpaired) electrons. The van der Waals surface area contributed by atoms with E-state index in [-0.39, 0.29) is 37.3 Å². The van der Waals surface area contributed by atoms with Gasteiger partial charge in [0.05, 0.1) is 26.3 Å². The lowest BCUT2D eigenvalue weighted by Gasteiger charge is -2.28. The molecular formula is C25H35N7O4. The van der Waals surface area contributed by atoms with Gasteiger partial charge in [-0.1, -0.05) is 18.2 Å². The number of nitrogens with two attached hydrogens (primary N) is 1. The van der Waals surface area contributed by atoms with Crippen LogP contribution in [0.4, 0.5) is 0 Å². The lowest BCUT2D eigenvalue weighted by Crippen LogP contribution is -2.51. The van der Waals surface area contributed by atoms with Crippen LogP contribution in [0.25, 0.3) is 0 Å². The molecule has 2 amide bonds. The van der Waals surface area contributed by atoms with E-state index in [4.69, 9.17) is 16.0 Å². The number of carbonyl (C=O) groups is 2. The third kappa shape index (κ3) is 7.50. The van der Waals surface area contributed by atoms with Gasteiger partial charge in [-0.2, -0.15) is 5.26 Å². The molecule has 3 rings (SSSR count). The SMILES string of the molecule is COOCC(C#N)C(=NCc1cccc(C(=N)N)c1)NC1CCCCN(CC(=O)N2CCCC2)C1=O. The Balaban J connectivity index is 1.77. The molecule has 4 N–H and O–H groups in total. The molecule has 11 nitrogen and oxygen atoms in total. The molecule has 36 heavy (non-hydrogen) atoms. The van der Waals surface area contributed by atoms with E-state index in [1.807, 2.05) is 11.0 Å². The summed E-state index contributed by atoms with van der Waals surface area (Å²) in [4.78, 5) is 43.8. The van der Waals surface area contributed by atoms with Crippen molar-refractivity contribution in [1.29, 1.82) is 10.7 Å². The largest absolute Gasteiger partial charge is 0.384 e. The predicted molar refractivity (Wildman–Crippen MR) is 134 cm³/mol. The number of nitrogens with zero attached hydrogens (tertiary/aromatic N) is 4. The van der Waals surface area contributed by atoms with E-state index < -0.39 is 12.0 Å². The Morgan fingerprint density at radius 3 is 2.75 bits per heavy atom. The van der Waals surface area contributed by atoms with Crippen molar-refractivity contribution in [1.82, 2.24) is 15.1 Å². The molecule has 2 aliphatic rings. The first-order chi connectivity index (χ1) is 17.4. The highest BCUT2D eigenvalue weighted by Crippen LogP contribution is 2.16. The number of amidine groups is 2. The fourth-order valence-electron chi connectivity index (χ4n) is 4.39. The lowest BCUT2D eigenvalue weighted by molar-refractivity contribution is -0.274. The molecule has 2 aliphatic heterocycles. The first-order valence-corrected chi connectivity index (χ1v) is 12.3. The minimum Gasteiger partial charge on any atom is -0.384 e. The van der Waals surface area contributed by atoms with Crippen LogP contribution in [0.3, 0.4) is 0 Å². The number of hydrogen-bond donors (Lipinski definition) is 3. The molecule has 194 valence electrons. The van der Waals surface area contributed by atoms with Crippen LogP contribution >= 0.6 is 0 Å². The van der Waals surface area contributed by atoms with Crippen LogP contribution in [0.5, 0.6) is 0 Å². The summed E-state index contributed by atoms with van der Waals surface area (Å²) in [6.45, 7) is 2.23. The zero-order valence-electron chi connectivity index (χ0n) is 20.7. The Morgan fingerprint density at radius 1 is 1.31 bits per heavy atom. The molecule has 1 aromatic rings. The maximum Gasteiger partial charge on any atom is 0.245 e. The second-order valence-corrected chi connectivity index (χ2v) is 8.99. The smallest absolute Gasteiger partial charge is 0.245 e. The first-order valence-electron chi connectivity index (χ1n) is 12.3. The third-order valence-electron chi connectivity index (χ3n) is 6.40. The molecule has 0 aliphatic carbocycles. The standard InChI is InChI=1S/C25H35N7O4/c1-35-36-17-20(14-26)24(29-15-18-7-6-8-19(13-18)23(27)28)30-21-9-2-3-12-32(25(21)34)16-22(33)31-10-4-5-11-31/h6-8,13,20-21H,2-5,9-12,15-17H2,1H3,(H3,27,28)(H,29,30). The summed E-state index contributed by atoms with van der Waals surface area (Å²) in [6, 6.07) is 8.69. The lowest BCUT2D eigenvalue weighted by atomic mass is 10.1. The van der Waals surface area contributed by atoms with Crippen molar-refractivity contribution in [2.45, 2.75) is 44.7 Å². The van der Waals surface area contributed by atoms with Crippen LogP contribution < -0.4 is 11.1 Å². The number of hydrogen-bond acceptors (Lipinski definition) is 7.